The van der Waals surface area contributed by atoms with E-state index in [1.165, 1.54) is 19.3 Å². The van der Waals surface area contributed by atoms with Crippen LogP contribution in [0.25, 0.3) is 0 Å². The number of hydrogen-bond acceptors (Lipinski definition) is 3. The SMILES string of the molecule is C/C(=C/C(=O)C12CC3CC(CC(C3)C1)C2)NCC#N. The van der Waals surface area contributed by atoms with Crippen molar-refractivity contribution in [1.82, 2.24) is 5.32 Å². The Balaban J connectivity index is 1.74. The summed E-state index contributed by atoms with van der Waals surface area (Å²) in [6, 6.07) is 2.04. The minimum Gasteiger partial charge on any atom is -0.376 e. The van der Waals surface area contributed by atoms with Gasteiger partial charge in [0.25, 0.3) is 0 Å². The van der Waals surface area contributed by atoms with Gasteiger partial charge in [-0.05, 0) is 63.2 Å². The molecule has 0 atom stereocenters. The summed E-state index contributed by atoms with van der Waals surface area (Å²) in [5.41, 5.74) is 0.784. The molecule has 1 N–H and O–H groups in total. The van der Waals surface area contributed by atoms with Gasteiger partial charge in [0, 0.05) is 17.2 Å². The average Bonchev–Trinajstić information content (AvgIpc) is 2.34. The minimum atomic E-state index is -0.0513. The van der Waals surface area contributed by atoms with Gasteiger partial charge in [-0.2, -0.15) is 5.26 Å². The van der Waals surface area contributed by atoms with Crippen LogP contribution in [-0.4, -0.2) is 12.3 Å². The number of nitrogens with zero attached hydrogens (tertiary/aromatic N) is 1. The monoisotopic (exact) mass is 258 g/mol. The zero-order valence-electron chi connectivity index (χ0n) is 11.6. The number of allylic oxidation sites excluding steroid dienone is 2. The molecule has 0 radical (unpaired) electrons. The molecule has 0 aromatic heterocycles. The van der Waals surface area contributed by atoms with Crippen LogP contribution < -0.4 is 5.32 Å². The summed E-state index contributed by atoms with van der Waals surface area (Å²) in [5, 5.41) is 11.5. The first-order valence-electron chi connectivity index (χ1n) is 7.45. The molecule has 102 valence electrons. The van der Waals surface area contributed by atoms with Crippen LogP contribution in [0.1, 0.15) is 45.4 Å². The Morgan fingerprint density at radius 3 is 2.26 bits per heavy atom. The highest BCUT2D eigenvalue weighted by molar-refractivity contribution is 5.95. The van der Waals surface area contributed by atoms with Crippen molar-refractivity contribution in [2.24, 2.45) is 23.2 Å². The molecule has 0 unspecified atom stereocenters. The highest BCUT2D eigenvalue weighted by atomic mass is 16.1. The molecule has 0 aliphatic heterocycles. The first-order chi connectivity index (χ1) is 9.11. The van der Waals surface area contributed by atoms with Crippen LogP contribution in [0.15, 0.2) is 11.8 Å². The van der Waals surface area contributed by atoms with Crippen LogP contribution in [0.3, 0.4) is 0 Å². The Labute approximate surface area is 115 Å². The molecule has 4 rings (SSSR count). The lowest BCUT2D eigenvalue weighted by atomic mass is 9.48. The largest absolute Gasteiger partial charge is 0.376 e. The molecule has 0 aromatic rings. The number of carbonyl (C=O) groups excluding carboxylic acids is 1. The lowest BCUT2D eigenvalue weighted by Gasteiger charge is -2.55. The molecule has 3 heteroatoms. The van der Waals surface area contributed by atoms with Crippen LogP contribution in [0.2, 0.25) is 0 Å². The molecule has 0 saturated heterocycles. The van der Waals surface area contributed by atoms with E-state index in [0.29, 0.717) is 5.78 Å². The van der Waals surface area contributed by atoms with E-state index < -0.39 is 0 Å². The fourth-order valence-corrected chi connectivity index (χ4v) is 4.99. The van der Waals surface area contributed by atoms with E-state index >= 15 is 0 Å². The zero-order valence-corrected chi connectivity index (χ0v) is 11.6. The average molecular weight is 258 g/mol. The molecule has 4 saturated carbocycles. The molecule has 4 fully saturated rings. The molecule has 4 aliphatic rings. The highest BCUT2D eigenvalue weighted by Gasteiger charge is 2.53. The highest BCUT2D eigenvalue weighted by Crippen LogP contribution is 2.60. The van der Waals surface area contributed by atoms with E-state index in [1.807, 2.05) is 13.0 Å². The number of nitrogens with one attached hydrogen (secondary N) is 1. The molecule has 0 spiro atoms. The van der Waals surface area contributed by atoms with E-state index in [1.54, 1.807) is 6.08 Å². The summed E-state index contributed by atoms with van der Waals surface area (Å²) < 4.78 is 0. The summed E-state index contributed by atoms with van der Waals surface area (Å²) in [6.07, 6.45) is 9.18. The Bertz CT molecular complexity index is 423. The lowest BCUT2D eigenvalue weighted by Crippen LogP contribution is -2.49. The van der Waals surface area contributed by atoms with Crippen LogP contribution >= 0.6 is 0 Å². The van der Waals surface area contributed by atoms with Gasteiger partial charge in [0.2, 0.25) is 0 Å². The van der Waals surface area contributed by atoms with E-state index in [4.69, 9.17) is 5.26 Å². The zero-order chi connectivity index (χ0) is 13.5. The van der Waals surface area contributed by atoms with Crippen LogP contribution in [-0.2, 0) is 4.79 Å². The van der Waals surface area contributed by atoms with Crippen molar-refractivity contribution >= 4 is 5.78 Å². The Kier molecular flexibility index (Phi) is 3.12. The molecule has 0 heterocycles. The second kappa shape index (κ2) is 4.67. The van der Waals surface area contributed by atoms with Crippen molar-refractivity contribution in [3.05, 3.63) is 11.8 Å². The van der Waals surface area contributed by atoms with Gasteiger partial charge in [-0.1, -0.05) is 0 Å². The Morgan fingerprint density at radius 1 is 1.26 bits per heavy atom. The summed E-state index contributed by atoms with van der Waals surface area (Å²) in [7, 11) is 0. The van der Waals surface area contributed by atoms with Crippen molar-refractivity contribution in [2.75, 3.05) is 6.54 Å². The Morgan fingerprint density at radius 2 is 1.79 bits per heavy atom. The first-order valence-corrected chi connectivity index (χ1v) is 7.45. The molecule has 0 aromatic carbocycles. The number of hydrogen-bond donors (Lipinski definition) is 1. The smallest absolute Gasteiger partial charge is 0.163 e. The van der Waals surface area contributed by atoms with Gasteiger partial charge in [-0.3, -0.25) is 4.79 Å². The van der Waals surface area contributed by atoms with Crippen molar-refractivity contribution in [1.29, 1.82) is 5.26 Å². The van der Waals surface area contributed by atoms with Crippen LogP contribution in [0.4, 0.5) is 0 Å². The molecule has 0 amide bonds. The first kappa shape index (κ1) is 12.7. The number of nitriles is 1. The third-order valence-electron chi connectivity index (χ3n) is 5.35. The summed E-state index contributed by atoms with van der Waals surface area (Å²) in [6.45, 7) is 2.16. The fourth-order valence-electron chi connectivity index (χ4n) is 4.99. The third kappa shape index (κ3) is 2.29. The van der Waals surface area contributed by atoms with Gasteiger partial charge in [0.15, 0.2) is 5.78 Å². The van der Waals surface area contributed by atoms with Crippen LogP contribution in [0, 0.1) is 34.5 Å². The standard InChI is InChI=1S/C16H22N2O/c1-11(18-3-2-17)4-15(19)16-8-12-5-13(9-16)7-14(6-12)10-16/h4,12-14,18H,3,5-10H2,1H3/b11-4-. The van der Waals surface area contributed by atoms with Crippen molar-refractivity contribution in [3.8, 4) is 6.07 Å². The number of carbonyl (C=O) groups is 1. The molecule has 4 bridgehead atoms. The van der Waals surface area contributed by atoms with Crippen molar-refractivity contribution in [3.63, 3.8) is 0 Å². The van der Waals surface area contributed by atoms with Gasteiger partial charge in [-0.15, -0.1) is 0 Å². The fraction of sp³-hybridized carbons (Fsp3) is 0.750. The normalized spacial score (nSPS) is 40.0. The third-order valence-corrected chi connectivity index (χ3v) is 5.35. The van der Waals surface area contributed by atoms with Crippen LogP contribution in [0.5, 0.6) is 0 Å². The summed E-state index contributed by atoms with van der Waals surface area (Å²) >= 11 is 0. The summed E-state index contributed by atoms with van der Waals surface area (Å²) in [4.78, 5) is 12.7. The van der Waals surface area contributed by atoms with E-state index in [0.717, 1.165) is 42.7 Å². The second-order valence-electron chi connectivity index (χ2n) is 6.90. The Hall–Kier alpha value is -1.30. The number of rotatable bonds is 4. The van der Waals surface area contributed by atoms with Gasteiger partial charge >= 0.3 is 0 Å². The van der Waals surface area contributed by atoms with Gasteiger partial charge in [0.1, 0.15) is 6.54 Å². The predicted molar refractivity (Wildman–Crippen MR) is 73.0 cm³/mol. The quantitative estimate of drug-likeness (QED) is 0.623. The molecular formula is C16H22N2O. The maximum atomic E-state index is 12.7. The van der Waals surface area contributed by atoms with Gasteiger partial charge in [0.05, 0.1) is 6.07 Å². The molecule has 19 heavy (non-hydrogen) atoms. The topological polar surface area (TPSA) is 52.9 Å². The van der Waals surface area contributed by atoms with Crippen molar-refractivity contribution < 1.29 is 4.79 Å². The molecule has 3 nitrogen and oxygen atoms in total. The van der Waals surface area contributed by atoms with E-state index in [-0.39, 0.29) is 12.0 Å². The van der Waals surface area contributed by atoms with E-state index in [2.05, 4.69) is 5.32 Å². The predicted octanol–water partition coefficient (Wildman–Crippen LogP) is 2.79. The van der Waals surface area contributed by atoms with E-state index in [9.17, 15) is 4.79 Å². The van der Waals surface area contributed by atoms with Gasteiger partial charge < -0.3 is 5.32 Å². The molecule has 4 aliphatic carbocycles. The maximum absolute atomic E-state index is 12.7. The van der Waals surface area contributed by atoms with Crippen molar-refractivity contribution in [2.45, 2.75) is 45.4 Å². The molecular weight excluding hydrogens is 236 g/mol. The summed E-state index contributed by atoms with van der Waals surface area (Å²) in [5.74, 6) is 2.72. The minimum absolute atomic E-state index is 0.0513. The maximum Gasteiger partial charge on any atom is 0.163 e. The lowest BCUT2D eigenvalue weighted by molar-refractivity contribution is -0.138. The number of ketones is 1. The second-order valence-corrected chi connectivity index (χ2v) is 6.90. The van der Waals surface area contributed by atoms with Gasteiger partial charge in [-0.25, -0.2) is 0 Å².